The highest BCUT2D eigenvalue weighted by Crippen LogP contribution is 2.24. The number of rotatable bonds is 3. The fourth-order valence-electron chi connectivity index (χ4n) is 2.27. The van der Waals surface area contributed by atoms with E-state index in [1.807, 2.05) is 23.1 Å². The van der Waals surface area contributed by atoms with Crippen LogP contribution >= 0.6 is 11.6 Å². The third-order valence-electron chi connectivity index (χ3n) is 3.23. The second-order valence-corrected chi connectivity index (χ2v) is 5.28. The Kier molecular flexibility index (Phi) is 2.96. The molecular weight excluding hydrogens is 248 g/mol. The van der Waals surface area contributed by atoms with Crippen LogP contribution in [0.2, 0.25) is 5.02 Å². The van der Waals surface area contributed by atoms with Gasteiger partial charge in [-0.05, 0) is 24.6 Å². The van der Waals surface area contributed by atoms with Crippen LogP contribution in [0.3, 0.4) is 0 Å². The molecule has 5 heteroatoms. The van der Waals surface area contributed by atoms with Crippen molar-refractivity contribution in [2.75, 3.05) is 18.0 Å². The van der Waals surface area contributed by atoms with Gasteiger partial charge in [0, 0.05) is 37.9 Å². The Bertz CT molecular complexity index is 545. The number of aromatic nitrogens is 3. The molecule has 0 N–H and O–H groups in total. The predicted molar refractivity (Wildman–Crippen MR) is 71.9 cm³/mol. The predicted octanol–water partition coefficient (Wildman–Crippen LogP) is 2.38. The summed E-state index contributed by atoms with van der Waals surface area (Å²) in [4.78, 5) is 6.68. The van der Waals surface area contributed by atoms with Gasteiger partial charge in [0.2, 0.25) is 0 Å². The lowest BCUT2D eigenvalue weighted by molar-refractivity contribution is 0.340. The molecular formula is C13H15ClN4. The van der Waals surface area contributed by atoms with Crippen LogP contribution in [0, 0.1) is 12.8 Å². The van der Waals surface area contributed by atoms with E-state index < -0.39 is 0 Å². The van der Waals surface area contributed by atoms with E-state index in [0.717, 1.165) is 25.5 Å². The van der Waals surface area contributed by atoms with Crippen molar-refractivity contribution in [3.63, 3.8) is 0 Å². The van der Waals surface area contributed by atoms with Gasteiger partial charge in [0.25, 0.3) is 0 Å². The molecule has 2 aromatic heterocycles. The molecule has 3 rings (SSSR count). The van der Waals surface area contributed by atoms with Crippen molar-refractivity contribution >= 4 is 17.4 Å². The fraction of sp³-hybridized carbons (Fsp3) is 0.385. The summed E-state index contributed by atoms with van der Waals surface area (Å²) in [6.07, 6.45) is 5.42. The molecule has 18 heavy (non-hydrogen) atoms. The summed E-state index contributed by atoms with van der Waals surface area (Å²) >= 11 is 5.84. The number of pyridine rings is 1. The molecule has 1 aliphatic rings. The first-order valence-corrected chi connectivity index (χ1v) is 6.44. The third-order valence-corrected chi connectivity index (χ3v) is 3.42. The molecule has 3 heterocycles. The molecule has 0 amide bonds. The van der Waals surface area contributed by atoms with E-state index in [1.165, 1.54) is 5.56 Å². The van der Waals surface area contributed by atoms with Gasteiger partial charge in [0.1, 0.15) is 5.82 Å². The van der Waals surface area contributed by atoms with Gasteiger partial charge in [-0.3, -0.25) is 4.68 Å². The van der Waals surface area contributed by atoms with Gasteiger partial charge in [0.15, 0.2) is 0 Å². The summed E-state index contributed by atoms with van der Waals surface area (Å²) < 4.78 is 1.91. The normalized spacial score (nSPS) is 15.8. The first-order valence-electron chi connectivity index (χ1n) is 6.06. The SMILES string of the molecule is Cc1ccnc(N2CC(Cn3cc(Cl)cn3)C2)c1. The molecule has 0 bridgehead atoms. The summed E-state index contributed by atoms with van der Waals surface area (Å²) in [6, 6.07) is 4.15. The average Bonchev–Trinajstić information content (AvgIpc) is 2.69. The minimum atomic E-state index is 0.628. The van der Waals surface area contributed by atoms with E-state index >= 15 is 0 Å². The Morgan fingerprint density at radius 2 is 2.28 bits per heavy atom. The van der Waals surface area contributed by atoms with Gasteiger partial charge in [-0.25, -0.2) is 4.98 Å². The summed E-state index contributed by atoms with van der Waals surface area (Å²) in [7, 11) is 0. The van der Waals surface area contributed by atoms with E-state index in [9.17, 15) is 0 Å². The summed E-state index contributed by atoms with van der Waals surface area (Å²) in [5.74, 6) is 1.70. The van der Waals surface area contributed by atoms with Crippen molar-refractivity contribution in [1.29, 1.82) is 0 Å². The molecule has 94 valence electrons. The van der Waals surface area contributed by atoms with Crippen LogP contribution in [0.4, 0.5) is 5.82 Å². The number of aryl methyl sites for hydroxylation is 1. The van der Waals surface area contributed by atoms with Crippen molar-refractivity contribution in [1.82, 2.24) is 14.8 Å². The van der Waals surface area contributed by atoms with E-state index in [1.54, 1.807) is 6.20 Å². The van der Waals surface area contributed by atoms with Crippen LogP contribution in [-0.4, -0.2) is 27.9 Å². The van der Waals surface area contributed by atoms with E-state index in [-0.39, 0.29) is 0 Å². The highest BCUT2D eigenvalue weighted by molar-refractivity contribution is 6.30. The minimum Gasteiger partial charge on any atom is -0.356 e. The monoisotopic (exact) mass is 262 g/mol. The largest absolute Gasteiger partial charge is 0.356 e. The van der Waals surface area contributed by atoms with Crippen LogP contribution in [0.15, 0.2) is 30.7 Å². The van der Waals surface area contributed by atoms with Gasteiger partial charge >= 0.3 is 0 Å². The molecule has 1 saturated heterocycles. The molecule has 1 fully saturated rings. The second-order valence-electron chi connectivity index (χ2n) is 4.84. The summed E-state index contributed by atoms with van der Waals surface area (Å²) in [5.41, 5.74) is 1.25. The molecule has 0 saturated carbocycles. The molecule has 4 nitrogen and oxygen atoms in total. The molecule has 1 aliphatic heterocycles. The van der Waals surface area contributed by atoms with E-state index in [2.05, 4.69) is 28.0 Å². The Labute approximate surface area is 111 Å². The van der Waals surface area contributed by atoms with Crippen LogP contribution in [0.1, 0.15) is 5.56 Å². The first-order chi connectivity index (χ1) is 8.70. The van der Waals surface area contributed by atoms with E-state index in [4.69, 9.17) is 11.6 Å². The second kappa shape index (κ2) is 4.61. The zero-order valence-corrected chi connectivity index (χ0v) is 11.0. The molecule has 0 unspecified atom stereocenters. The number of hydrogen-bond donors (Lipinski definition) is 0. The summed E-state index contributed by atoms with van der Waals surface area (Å²) in [6.45, 7) is 5.09. The highest BCUT2D eigenvalue weighted by atomic mass is 35.5. The van der Waals surface area contributed by atoms with Gasteiger partial charge in [-0.1, -0.05) is 11.6 Å². The molecule has 0 aromatic carbocycles. The molecule has 0 aliphatic carbocycles. The van der Waals surface area contributed by atoms with Crippen molar-refractivity contribution in [2.24, 2.45) is 5.92 Å². The summed E-state index contributed by atoms with van der Waals surface area (Å²) in [5, 5.41) is 4.90. The quantitative estimate of drug-likeness (QED) is 0.852. The number of anilines is 1. The average molecular weight is 263 g/mol. The molecule has 2 aromatic rings. The Morgan fingerprint density at radius 1 is 1.44 bits per heavy atom. The van der Waals surface area contributed by atoms with Crippen LogP contribution in [-0.2, 0) is 6.54 Å². The number of hydrogen-bond acceptors (Lipinski definition) is 3. The van der Waals surface area contributed by atoms with E-state index in [0.29, 0.717) is 10.9 Å². The molecule has 0 spiro atoms. The first kappa shape index (κ1) is 11.5. The van der Waals surface area contributed by atoms with Crippen LogP contribution < -0.4 is 4.90 Å². The lowest BCUT2D eigenvalue weighted by Gasteiger charge is -2.40. The maximum Gasteiger partial charge on any atom is 0.128 e. The lowest BCUT2D eigenvalue weighted by atomic mass is 10.0. The molecule has 0 atom stereocenters. The fourth-order valence-corrected chi connectivity index (χ4v) is 2.42. The maximum atomic E-state index is 5.84. The third kappa shape index (κ3) is 2.34. The van der Waals surface area contributed by atoms with Crippen molar-refractivity contribution in [3.8, 4) is 0 Å². The zero-order chi connectivity index (χ0) is 12.5. The van der Waals surface area contributed by atoms with Crippen molar-refractivity contribution in [2.45, 2.75) is 13.5 Å². The number of nitrogens with zero attached hydrogens (tertiary/aromatic N) is 4. The number of halogens is 1. The van der Waals surface area contributed by atoms with Gasteiger partial charge < -0.3 is 4.90 Å². The Balaban J connectivity index is 1.57. The topological polar surface area (TPSA) is 34.0 Å². The highest BCUT2D eigenvalue weighted by Gasteiger charge is 2.28. The lowest BCUT2D eigenvalue weighted by Crippen LogP contribution is -2.49. The standard InChI is InChI=1S/C13H15ClN4/c1-10-2-3-15-13(4-10)17-6-11(7-17)8-18-9-12(14)5-16-18/h2-5,9,11H,6-8H2,1H3. The van der Waals surface area contributed by atoms with Gasteiger partial charge in [-0.15, -0.1) is 0 Å². The Hall–Kier alpha value is -1.55. The molecule has 0 radical (unpaired) electrons. The maximum absolute atomic E-state index is 5.84. The van der Waals surface area contributed by atoms with Crippen molar-refractivity contribution < 1.29 is 0 Å². The smallest absolute Gasteiger partial charge is 0.128 e. The van der Waals surface area contributed by atoms with Crippen LogP contribution in [0.25, 0.3) is 0 Å². The van der Waals surface area contributed by atoms with Gasteiger partial charge in [0.05, 0.1) is 11.2 Å². The Morgan fingerprint density at radius 3 is 2.94 bits per heavy atom. The van der Waals surface area contributed by atoms with Gasteiger partial charge in [-0.2, -0.15) is 5.10 Å². The van der Waals surface area contributed by atoms with Crippen molar-refractivity contribution in [3.05, 3.63) is 41.3 Å². The van der Waals surface area contributed by atoms with Crippen LogP contribution in [0.5, 0.6) is 0 Å². The zero-order valence-electron chi connectivity index (χ0n) is 10.3. The minimum absolute atomic E-state index is 0.628.